The van der Waals surface area contributed by atoms with E-state index in [-0.39, 0.29) is 5.91 Å². The largest absolute Gasteiger partial charge is 0.378 e. The molecule has 0 atom stereocenters. The van der Waals surface area contributed by atoms with E-state index in [1.807, 2.05) is 30.3 Å². The normalized spacial score (nSPS) is 14.6. The maximum Gasteiger partial charge on any atom is 0.274 e. The Morgan fingerprint density at radius 3 is 2.57 bits per heavy atom. The minimum absolute atomic E-state index is 0.130. The molecule has 1 aromatic heterocycles. The van der Waals surface area contributed by atoms with Crippen LogP contribution >= 0.6 is 0 Å². The fourth-order valence-electron chi connectivity index (χ4n) is 2.51. The van der Waals surface area contributed by atoms with Crippen molar-refractivity contribution in [3.63, 3.8) is 0 Å². The van der Waals surface area contributed by atoms with Gasteiger partial charge in [-0.05, 0) is 5.56 Å². The van der Waals surface area contributed by atoms with Gasteiger partial charge in [0.25, 0.3) is 5.91 Å². The number of rotatable bonds is 4. The number of benzene rings is 1. The Labute approximate surface area is 135 Å². The molecule has 0 N–H and O–H groups in total. The molecule has 1 fully saturated rings. The van der Waals surface area contributed by atoms with E-state index in [4.69, 9.17) is 4.74 Å². The van der Waals surface area contributed by atoms with Crippen LogP contribution in [0.4, 0.5) is 5.82 Å². The molecule has 0 bridgehead atoms. The number of nitrogens with zero attached hydrogens (tertiary/aromatic N) is 4. The van der Waals surface area contributed by atoms with E-state index >= 15 is 0 Å². The third kappa shape index (κ3) is 3.84. The molecular weight excluding hydrogens is 292 g/mol. The van der Waals surface area contributed by atoms with Gasteiger partial charge >= 0.3 is 0 Å². The first kappa shape index (κ1) is 15.4. The Kier molecular flexibility index (Phi) is 4.83. The number of hydrogen-bond acceptors (Lipinski definition) is 5. The number of morpholine rings is 1. The summed E-state index contributed by atoms with van der Waals surface area (Å²) in [6.07, 6.45) is 3.21. The molecule has 0 aliphatic carbocycles. The SMILES string of the molecule is CN(Cc1ccccc1)C(=O)c1cnc(N2CCOCC2)cn1. The van der Waals surface area contributed by atoms with Gasteiger partial charge in [0.15, 0.2) is 0 Å². The summed E-state index contributed by atoms with van der Waals surface area (Å²) in [6.45, 7) is 3.54. The highest BCUT2D eigenvalue weighted by atomic mass is 16.5. The van der Waals surface area contributed by atoms with E-state index in [0.29, 0.717) is 25.5 Å². The molecule has 6 heteroatoms. The van der Waals surface area contributed by atoms with Crippen LogP contribution in [0.15, 0.2) is 42.7 Å². The number of carbonyl (C=O) groups excluding carboxylic acids is 1. The molecule has 1 aliphatic rings. The molecule has 0 unspecified atom stereocenters. The van der Waals surface area contributed by atoms with E-state index in [1.165, 1.54) is 0 Å². The fraction of sp³-hybridized carbons (Fsp3) is 0.353. The minimum atomic E-state index is -0.130. The van der Waals surface area contributed by atoms with E-state index in [2.05, 4.69) is 14.9 Å². The maximum atomic E-state index is 12.4. The lowest BCUT2D eigenvalue weighted by Gasteiger charge is -2.27. The van der Waals surface area contributed by atoms with Gasteiger partial charge in [-0.3, -0.25) is 4.79 Å². The summed E-state index contributed by atoms with van der Waals surface area (Å²) in [4.78, 5) is 24.8. The summed E-state index contributed by atoms with van der Waals surface area (Å²) < 4.78 is 5.32. The van der Waals surface area contributed by atoms with E-state index in [9.17, 15) is 4.79 Å². The molecule has 1 aromatic carbocycles. The molecule has 120 valence electrons. The molecule has 2 aromatic rings. The molecule has 0 spiro atoms. The number of carbonyl (C=O) groups is 1. The Hall–Kier alpha value is -2.47. The lowest BCUT2D eigenvalue weighted by Crippen LogP contribution is -2.37. The van der Waals surface area contributed by atoms with Gasteiger partial charge in [0.05, 0.1) is 25.6 Å². The van der Waals surface area contributed by atoms with E-state index in [0.717, 1.165) is 24.5 Å². The van der Waals surface area contributed by atoms with Gasteiger partial charge in [0.2, 0.25) is 0 Å². The van der Waals surface area contributed by atoms with Crippen molar-refractivity contribution < 1.29 is 9.53 Å². The molecule has 0 radical (unpaired) electrons. The summed E-state index contributed by atoms with van der Waals surface area (Å²) in [5.74, 6) is 0.658. The first-order chi connectivity index (χ1) is 11.2. The predicted molar refractivity (Wildman–Crippen MR) is 87.3 cm³/mol. The average molecular weight is 312 g/mol. The van der Waals surface area contributed by atoms with Gasteiger partial charge in [-0.2, -0.15) is 0 Å². The van der Waals surface area contributed by atoms with Gasteiger partial charge in [0, 0.05) is 26.7 Å². The van der Waals surface area contributed by atoms with Gasteiger partial charge in [-0.25, -0.2) is 9.97 Å². The van der Waals surface area contributed by atoms with Crippen LogP contribution in [-0.4, -0.2) is 54.1 Å². The Morgan fingerprint density at radius 1 is 1.17 bits per heavy atom. The standard InChI is InChI=1S/C17H20N4O2/c1-20(13-14-5-3-2-4-6-14)17(22)15-11-19-16(12-18-15)21-7-9-23-10-8-21/h2-6,11-12H,7-10,13H2,1H3. The van der Waals surface area contributed by atoms with Crippen LogP contribution in [0.1, 0.15) is 16.1 Å². The quantitative estimate of drug-likeness (QED) is 0.858. The molecule has 1 amide bonds. The Bertz CT molecular complexity index is 639. The van der Waals surface area contributed by atoms with Crippen molar-refractivity contribution in [2.75, 3.05) is 38.3 Å². The van der Waals surface area contributed by atoms with Crippen LogP contribution < -0.4 is 4.90 Å². The van der Waals surface area contributed by atoms with Crippen LogP contribution in [0.3, 0.4) is 0 Å². The second-order valence-electron chi connectivity index (χ2n) is 5.51. The third-order valence-electron chi connectivity index (χ3n) is 3.80. The zero-order valence-corrected chi connectivity index (χ0v) is 13.2. The zero-order valence-electron chi connectivity index (χ0n) is 13.2. The Morgan fingerprint density at radius 2 is 1.91 bits per heavy atom. The van der Waals surface area contributed by atoms with E-state index < -0.39 is 0 Å². The molecule has 1 aliphatic heterocycles. The van der Waals surface area contributed by atoms with Crippen molar-refractivity contribution >= 4 is 11.7 Å². The first-order valence-electron chi connectivity index (χ1n) is 7.68. The van der Waals surface area contributed by atoms with E-state index in [1.54, 1.807) is 24.3 Å². The minimum Gasteiger partial charge on any atom is -0.378 e. The predicted octanol–water partition coefficient (Wildman–Crippen LogP) is 1.59. The van der Waals surface area contributed by atoms with Crippen molar-refractivity contribution in [2.24, 2.45) is 0 Å². The molecule has 3 rings (SSSR count). The highest BCUT2D eigenvalue weighted by Gasteiger charge is 2.16. The van der Waals surface area contributed by atoms with Crippen molar-refractivity contribution in [1.82, 2.24) is 14.9 Å². The average Bonchev–Trinajstić information content (AvgIpc) is 2.63. The van der Waals surface area contributed by atoms with Gasteiger partial charge in [-0.1, -0.05) is 30.3 Å². The molecular formula is C17H20N4O2. The van der Waals surface area contributed by atoms with Gasteiger partial charge in [-0.15, -0.1) is 0 Å². The van der Waals surface area contributed by atoms with Crippen molar-refractivity contribution in [3.05, 3.63) is 54.0 Å². The zero-order chi connectivity index (χ0) is 16.1. The Balaban J connectivity index is 1.65. The number of aromatic nitrogens is 2. The van der Waals surface area contributed by atoms with Gasteiger partial charge in [0.1, 0.15) is 11.5 Å². The van der Waals surface area contributed by atoms with Gasteiger partial charge < -0.3 is 14.5 Å². The smallest absolute Gasteiger partial charge is 0.274 e. The monoisotopic (exact) mass is 312 g/mol. The molecule has 23 heavy (non-hydrogen) atoms. The van der Waals surface area contributed by atoms with Crippen molar-refractivity contribution in [3.8, 4) is 0 Å². The highest BCUT2D eigenvalue weighted by molar-refractivity contribution is 5.91. The van der Waals surface area contributed by atoms with Crippen molar-refractivity contribution in [1.29, 1.82) is 0 Å². The second kappa shape index (κ2) is 7.19. The summed E-state index contributed by atoms with van der Waals surface area (Å²) >= 11 is 0. The van der Waals surface area contributed by atoms with Crippen LogP contribution in [0.25, 0.3) is 0 Å². The summed E-state index contributed by atoms with van der Waals surface area (Å²) in [7, 11) is 1.77. The third-order valence-corrected chi connectivity index (χ3v) is 3.80. The van der Waals surface area contributed by atoms with Crippen LogP contribution in [0.2, 0.25) is 0 Å². The number of hydrogen-bond donors (Lipinski definition) is 0. The van der Waals surface area contributed by atoms with Crippen molar-refractivity contribution in [2.45, 2.75) is 6.54 Å². The molecule has 2 heterocycles. The van der Waals surface area contributed by atoms with Crippen LogP contribution in [-0.2, 0) is 11.3 Å². The number of ether oxygens (including phenoxy) is 1. The van der Waals surface area contributed by atoms with Crippen LogP contribution in [0.5, 0.6) is 0 Å². The topological polar surface area (TPSA) is 58.6 Å². The lowest BCUT2D eigenvalue weighted by molar-refractivity contribution is 0.0778. The number of anilines is 1. The molecule has 0 saturated carbocycles. The highest BCUT2D eigenvalue weighted by Crippen LogP contribution is 2.12. The summed E-state index contributed by atoms with van der Waals surface area (Å²) in [5.41, 5.74) is 1.45. The molecule has 1 saturated heterocycles. The fourth-order valence-corrected chi connectivity index (χ4v) is 2.51. The lowest BCUT2D eigenvalue weighted by atomic mass is 10.2. The molecule has 6 nitrogen and oxygen atoms in total. The first-order valence-corrected chi connectivity index (χ1v) is 7.68. The maximum absolute atomic E-state index is 12.4. The second-order valence-corrected chi connectivity index (χ2v) is 5.51. The number of amides is 1. The summed E-state index contributed by atoms with van der Waals surface area (Å²) in [5, 5.41) is 0. The summed E-state index contributed by atoms with van der Waals surface area (Å²) in [6, 6.07) is 9.88. The van der Waals surface area contributed by atoms with Crippen LogP contribution in [0, 0.1) is 0 Å².